The molecule has 0 aliphatic heterocycles. The van der Waals surface area contributed by atoms with Gasteiger partial charge in [0.2, 0.25) is 0 Å². The van der Waals surface area contributed by atoms with Crippen LogP contribution in [0.2, 0.25) is 0 Å². The van der Waals surface area contributed by atoms with Gasteiger partial charge in [0, 0.05) is 11.6 Å². The van der Waals surface area contributed by atoms with Crippen LogP contribution in [-0.2, 0) is 5.54 Å². The molecule has 1 heterocycles. The fourth-order valence-electron chi connectivity index (χ4n) is 1.89. The van der Waals surface area contributed by atoms with Gasteiger partial charge in [-0.1, -0.05) is 6.07 Å². The van der Waals surface area contributed by atoms with Crippen molar-refractivity contribution in [3.05, 3.63) is 50.5 Å². The summed E-state index contributed by atoms with van der Waals surface area (Å²) in [7, 11) is 0. The number of nitrogens with one attached hydrogen (secondary N) is 1. The first kappa shape index (κ1) is 14.9. The molecule has 2 rings (SSSR count). The Morgan fingerprint density at radius 1 is 1.48 bits per heavy atom. The first-order valence-corrected chi connectivity index (χ1v) is 6.96. The number of rotatable bonds is 4. The lowest BCUT2D eigenvalue weighted by molar-refractivity contribution is -0.384. The second-order valence-corrected chi connectivity index (χ2v) is 5.81. The molecule has 0 radical (unpaired) electrons. The highest BCUT2D eigenvalue weighted by Gasteiger charge is 2.30. The molecule has 0 saturated heterocycles. The number of para-hydroxylation sites is 1. The summed E-state index contributed by atoms with van der Waals surface area (Å²) in [6.45, 7) is 3.56. The van der Waals surface area contributed by atoms with Crippen molar-refractivity contribution in [2.45, 2.75) is 19.4 Å². The van der Waals surface area contributed by atoms with Gasteiger partial charge in [-0.2, -0.15) is 0 Å². The molecule has 1 aromatic heterocycles. The van der Waals surface area contributed by atoms with E-state index >= 15 is 0 Å². The first-order chi connectivity index (χ1) is 9.83. The number of amides is 1. The fraction of sp³-hybridized carbons (Fsp3) is 0.231. The van der Waals surface area contributed by atoms with Crippen molar-refractivity contribution in [1.82, 2.24) is 10.3 Å². The predicted molar refractivity (Wildman–Crippen MR) is 80.1 cm³/mol. The van der Waals surface area contributed by atoms with Crippen molar-refractivity contribution in [1.29, 1.82) is 0 Å². The summed E-state index contributed by atoms with van der Waals surface area (Å²) in [5.41, 5.74) is 4.36. The summed E-state index contributed by atoms with van der Waals surface area (Å²) in [5, 5.41) is 16.3. The number of hydrogen-bond acceptors (Lipinski definition) is 6. The number of aromatic nitrogens is 1. The normalized spacial score (nSPS) is 11.1. The van der Waals surface area contributed by atoms with E-state index < -0.39 is 16.4 Å². The minimum absolute atomic E-state index is 0.0419. The Morgan fingerprint density at radius 2 is 2.19 bits per heavy atom. The maximum atomic E-state index is 12.3. The van der Waals surface area contributed by atoms with E-state index in [0.29, 0.717) is 5.01 Å². The molecule has 7 nitrogen and oxygen atoms in total. The van der Waals surface area contributed by atoms with E-state index in [2.05, 4.69) is 10.3 Å². The molecule has 0 atom stereocenters. The number of nitro groups is 1. The van der Waals surface area contributed by atoms with Crippen LogP contribution < -0.4 is 11.1 Å². The molecular formula is C13H14N4O3S. The highest BCUT2D eigenvalue weighted by Crippen LogP contribution is 2.28. The molecule has 0 aliphatic carbocycles. The van der Waals surface area contributed by atoms with Crippen LogP contribution >= 0.6 is 11.3 Å². The molecular weight excluding hydrogens is 292 g/mol. The Labute approximate surface area is 125 Å². The molecule has 3 N–H and O–H groups in total. The molecule has 2 aromatic rings. The van der Waals surface area contributed by atoms with Crippen molar-refractivity contribution in [3.8, 4) is 0 Å². The van der Waals surface area contributed by atoms with E-state index in [-0.39, 0.29) is 16.9 Å². The third kappa shape index (κ3) is 3.00. The van der Waals surface area contributed by atoms with Crippen LogP contribution in [0.25, 0.3) is 0 Å². The Hall–Kier alpha value is -2.48. The summed E-state index contributed by atoms with van der Waals surface area (Å²) in [4.78, 5) is 26.9. The number of carbonyl (C=O) groups is 1. The molecule has 21 heavy (non-hydrogen) atoms. The van der Waals surface area contributed by atoms with E-state index in [1.165, 1.54) is 29.5 Å². The van der Waals surface area contributed by atoms with Gasteiger partial charge in [-0.3, -0.25) is 14.9 Å². The zero-order chi connectivity index (χ0) is 15.6. The van der Waals surface area contributed by atoms with Gasteiger partial charge in [-0.25, -0.2) is 4.98 Å². The van der Waals surface area contributed by atoms with Gasteiger partial charge in [0.1, 0.15) is 16.3 Å². The van der Waals surface area contributed by atoms with Crippen molar-refractivity contribution in [3.63, 3.8) is 0 Å². The third-order valence-electron chi connectivity index (χ3n) is 2.89. The Balaban J connectivity index is 2.34. The summed E-state index contributed by atoms with van der Waals surface area (Å²) in [6.07, 6.45) is 1.64. The zero-order valence-electron chi connectivity index (χ0n) is 11.5. The van der Waals surface area contributed by atoms with Crippen LogP contribution in [0.5, 0.6) is 0 Å². The van der Waals surface area contributed by atoms with E-state index in [4.69, 9.17) is 5.73 Å². The van der Waals surface area contributed by atoms with E-state index in [1.807, 2.05) is 0 Å². The average molecular weight is 306 g/mol. The molecule has 0 unspecified atom stereocenters. The summed E-state index contributed by atoms with van der Waals surface area (Å²) in [5.74, 6) is -0.561. The van der Waals surface area contributed by atoms with Crippen LogP contribution in [0.3, 0.4) is 0 Å². The number of carbonyl (C=O) groups excluding carboxylic acids is 1. The van der Waals surface area contributed by atoms with Gasteiger partial charge in [0.15, 0.2) is 0 Å². The maximum Gasteiger partial charge on any atom is 0.304 e. The van der Waals surface area contributed by atoms with Gasteiger partial charge in [-0.05, 0) is 26.0 Å². The predicted octanol–water partition coefficient (Wildman–Crippen LogP) is 2.30. The number of anilines is 1. The highest BCUT2D eigenvalue weighted by molar-refractivity contribution is 7.09. The summed E-state index contributed by atoms with van der Waals surface area (Å²) >= 11 is 1.40. The summed E-state index contributed by atoms with van der Waals surface area (Å²) in [6, 6.07) is 4.27. The topological polar surface area (TPSA) is 111 Å². The molecule has 0 aliphatic rings. The number of nitrogen functional groups attached to an aromatic ring is 1. The Bertz CT molecular complexity index is 683. The van der Waals surface area contributed by atoms with E-state index in [1.54, 1.807) is 25.4 Å². The van der Waals surface area contributed by atoms with Gasteiger partial charge < -0.3 is 11.1 Å². The smallest absolute Gasteiger partial charge is 0.304 e. The van der Waals surface area contributed by atoms with Crippen molar-refractivity contribution >= 4 is 28.6 Å². The third-order valence-corrected chi connectivity index (χ3v) is 3.98. The standard InChI is InChI=1S/C13H14N4O3S/c1-13(2,12-15-6-7-21-12)16-11(18)8-4-3-5-9(14)10(8)17(19)20/h3-7H,14H2,1-2H3,(H,16,18). The lowest BCUT2D eigenvalue weighted by Gasteiger charge is -2.23. The van der Waals surface area contributed by atoms with Crippen LogP contribution in [0.15, 0.2) is 29.8 Å². The highest BCUT2D eigenvalue weighted by atomic mass is 32.1. The van der Waals surface area contributed by atoms with Gasteiger partial charge in [0.05, 0.1) is 10.5 Å². The minimum Gasteiger partial charge on any atom is -0.393 e. The van der Waals surface area contributed by atoms with Gasteiger partial charge >= 0.3 is 5.69 Å². The molecule has 0 bridgehead atoms. The molecule has 1 amide bonds. The number of nitrogens with two attached hydrogens (primary N) is 1. The fourth-order valence-corrected chi connectivity index (χ4v) is 2.60. The molecule has 110 valence electrons. The molecule has 1 aromatic carbocycles. The van der Waals surface area contributed by atoms with Crippen LogP contribution in [0.1, 0.15) is 29.2 Å². The van der Waals surface area contributed by atoms with Crippen LogP contribution in [0.4, 0.5) is 11.4 Å². The minimum atomic E-state index is -0.732. The maximum absolute atomic E-state index is 12.3. The van der Waals surface area contributed by atoms with Gasteiger partial charge in [-0.15, -0.1) is 11.3 Å². The molecule has 8 heteroatoms. The van der Waals surface area contributed by atoms with Crippen molar-refractivity contribution < 1.29 is 9.72 Å². The van der Waals surface area contributed by atoms with Crippen LogP contribution in [0, 0.1) is 10.1 Å². The SMILES string of the molecule is CC(C)(NC(=O)c1cccc(N)c1[N+](=O)[O-])c1nccs1. The second kappa shape index (κ2) is 5.49. The summed E-state index contributed by atoms with van der Waals surface area (Å²) < 4.78 is 0. The lowest BCUT2D eigenvalue weighted by atomic mass is 10.0. The van der Waals surface area contributed by atoms with Gasteiger partial charge in [0.25, 0.3) is 5.91 Å². The second-order valence-electron chi connectivity index (χ2n) is 4.92. The quantitative estimate of drug-likeness (QED) is 0.511. The number of hydrogen-bond donors (Lipinski definition) is 2. The average Bonchev–Trinajstić information content (AvgIpc) is 2.92. The number of nitrogens with zero attached hydrogens (tertiary/aromatic N) is 2. The Morgan fingerprint density at radius 3 is 2.76 bits per heavy atom. The first-order valence-electron chi connectivity index (χ1n) is 6.08. The monoisotopic (exact) mass is 306 g/mol. The lowest BCUT2D eigenvalue weighted by Crippen LogP contribution is -2.41. The van der Waals surface area contributed by atoms with E-state index in [0.717, 1.165) is 0 Å². The zero-order valence-corrected chi connectivity index (χ0v) is 12.3. The van der Waals surface area contributed by atoms with Crippen molar-refractivity contribution in [2.24, 2.45) is 0 Å². The molecule has 0 spiro atoms. The number of thiazole rings is 1. The largest absolute Gasteiger partial charge is 0.393 e. The molecule has 0 saturated carbocycles. The number of benzene rings is 1. The Kier molecular flexibility index (Phi) is 3.90. The van der Waals surface area contributed by atoms with E-state index in [9.17, 15) is 14.9 Å². The van der Waals surface area contributed by atoms with Crippen molar-refractivity contribution in [2.75, 3.05) is 5.73 Å². The van der Waals surface area contributed by atoms with Crippen LogP contribution in [-0.4, -0.2) is 15.8 Å². The number of nitro benzene ring substituents is 1. The molecule has 0 fully saturated rings.